The van der Waals surface area contributed by atoms with Crippen LogP contribution in [0.15, 0.2) is 27.9 Å². The number of halogens is 2. The molecule has 27 heavy (non-hydrogen) atoms. The van der Waals surface area contributed by atoms with E-state index in [1.165, 1.54) is 28.5 Å². The predicted octanol–water partition coefficient (Wildman–Crippen LogP) is 3.31. The highest BCUT2D eigenvalue weighted by atomic mass is 32.2. The highest BCUT2D eigenvalue weighted by molar-refractivity contribution is 8.01. The Morgan fingerprint density at radius 2 is 2.26 bits per heavy atom. The summed E-state index contributed by atoms with van der Waals surface area (Å²) in [6.07, 6.45) is 1.07. The Balaban J connectivity index is 1.52. The van der Waals surface area contributed by atoms with Gasteiger partial charge in [0, 0.05) is 36.7 Å². The van der Waals surface area contributed by atoms with E-state index in [1.54, 1.807) is 4.90 Å². The molecule has 2 aromatic rings. The van der Waals surface area contributed by atoms with E-state index < -0.39 is 17.6 Å². The number of benzene rings is 1. The summed E-state index contributed by atoms with van der Waals surface area (Å²) in [4.78, 5) is 28.7. The van der Waals surface area contributed by atoms with E-state index in [2.05, 4.69) is 10.3 Å². The van der Waals surface area contributed by atoms with Crippen molar-refractivity contribution < 1.29 is 23.5 Å². The van der Waals surface area contributed by atoms with Crippen LogP contribution < -0.4 is 5.32 Å². The van der Waals surface area contributed by atoms with Crippen LogP contribution in [-0.4, -0.2) is 51.8 Å². The maximum absolute atomic E-state index is 13.7. The first-order chi connectivity index (χ1) is 12.9. The number of anilines is 1. The van der Waals surface area contributed by atoms with Gasteiger partial charge in [-0.3, -0.25) is 4.79 Å². The van der Waals surface area contributed by atoms with Crippen molar-refractivity contribution in [2.45, 2.75) is 23.2 Å². The zero-order valence-corrected chi connectivity index (χ0v) is 15.8. The van der Waals surface area contributed by atoms with Gasteiger partial charge in [0.15, 0.2) is 10.0 Å². The normalized spacial score (nSPS) is 16.7. The molecule has 1 fully saturated rings. The van der Waals surface area contributed by atoms with E-state index in [9.17, 15) is 18.4 Å². The first kappa shape index (κ1) is 19.6. The van der Waals surface area contributed by atoms with Gasteiger partial charge in [-0.05, 0) is 24.6 Å². The Bertz CT molecular complexity index is 847. The lowest BCUT2D eigenvalue weighted by Crippen LogP contribution is -2.39. The van der Waals surface area contributed by atoms with Crippen LogP contribution in [0.5, 0.6) is 0 Å². The lowest BCUT2D eigenvalue weighted by Gasteiger charge is -2.25. The van der Waals surface area contributed by atoms with Crippen molar-refractivity contribution in [3.05, 3.63) is 40.9 Å². The summed E-state index contributed by atoms with van der Waals surface area (Å²) in [6, 6.07) is 3.10. The van der Waals surface area contributed by atoms with Crippen LogP contribution in [0.25, 0.3) is 0 Å². The number of carboxylic acids is 1. The highest BCUT2D eigenvalue weighted by Gasteiger charge is 2.30. The number of thioether (sulfide) groups is 1. The van der Waals surface area contributed by atoms with Crippen LogP contribution in [0.1, 0.15) is 23.3 Å². The molecule has 1 aliphatic heterocycles. The third-order valence-corrected chi connectivity index (χ3v) is 6.17. The summed E-state index contributed by atoms with van der Waals surface area (Å²) in [5, 5.41) is 13.2. The zero-order chi connectivity index (χ0) is 19.4. The number of nitrogens with one attached hydrogen (secondary N) is 1. The Morgan fingerprint density at radius 1 is 1.44 bits per heavy atom. The topological polar surface area (TPSA) is 82.5 Å². The summed E-state index contributed by atoms with van der Waals surface area (Å²) in [7, 11) is 0. The summed E-state index contributed by atoms with van der Waals surface area (Å²) in [5.74, 6) is -1.54. The van der Waals surface area contributed by atoms with Crippen LogP contribution in [0.3, 0.4) is 0 Å². The molecule has 1 aromatic carbocycles. The number of likely N-dealkylation sites (tertiary alicyclic amines) is 1. The fraction of sp³-hybridized carbons (Fsp3) is 0.353. The lowest BCUT2D eigenvalue weighted by atomic mass is 10.2. The Hall–Kier alpha value is -2.20. The maximum atomic E-state index is 13.7. The first-order valence-corrected chi connectivity index (χ1v) is 10.1. The second-order valence-electron chi connectivity index (χ2n) is 5.94. The first-order valence-electron chi connectivity index (χ1n) is 8.24. The monoisotopic (exact) mass is 413 g/mol. The molecule has 2 N–H and O–H groups in total. The summed E-state index contributed by atoms with van der Waals surface area (Å²) >= 11 is 2.64. The number of hydrogen-bond acceptors (Lipinski definition) is 6. The fourth-order valence-electron chi connectivity index (χ4n) is 2.83. The Kier molecular flexibility index (Phi) is 6.27. The van der Waals surface area contributed by atoms with Gasteiger partial charge in [-0.15, -0.1) is 11.3 Å². The zero-order valence-electron chi connectivity index (χ0n) is 14.2. The molecule has 0 aliphatic carbocycles. The predicted molar refractivity (Wildman–Crippen MR) is 99.4 cm³/mol. The molecule has 3 rings (SSSR count). The molecular formula is C17H17F2N3O3S2. The average Bonchev–Trinajstić information content (AvgIpc) is 3.24. The van der Waals surface area contributed by atoms with Crippen molar-refractivity contribution in [2.75, 3.05) is 24.2 Å². The summed E-state index contributed by atoms with van der Waals surface area (Å²) in [5.41, 5.74) is 0.0894. The number of rotatable bonds is 8. The molecule has 1 aromatic heterocycles. The summed E-state index contributed by atoms with van der Waals surface area (Å²) in [6.45, 7) is 0.806. The Labute approximate surface area is 162 Å². The minimum absolute atomic E-state index is 0.0129. The smallest absolute Gasteiger partial charge is 0.355 e. The van der Waals surface area contributed by atoms with Crippen LogP contribution in [-0.2, 0) is 4.79 Å². The van der Waals surface area contributed by atoms with Gasteiger partial charge in [-0.1, -0.05) is 11.8 Å². The standard InChI is InChI=1S/C17H17F2N3O3S2/c18-10-1-3-12(19)13(7-10)20-8-11-2-4-15(23)22(11)5-6-26-17-21-14(9-27-17)16(24)25/h1,3,7,9,11,20H,2,4-6,8H2,(H,24,25). The van der Waals surface area contributed by atoms with Gasteiger partial charge in [-0.25, -0.2) is 18.6 Å². The Morgan fingerprint density at radius 3 is 3.00 bits per heavy atom. The van der Waals surface area contributed by atoms with Gasteiger partial charge in [0.25, 0.3) is 0 Å². The van der Waals surface area contributed by atoms with E-state index in [4.69, 9.17) is 5.11 Å². The lowest BCUT2D eigenvalue weighted by molar-refractivity contribution is -0.128. The van der Waals surface area contributed by atoms with Gasteiger partial charge in [0.1, 0.15) is 11.6 Å². The van der Waals surface area contributed by atoms with Crippen molar-refractivity contribution in [1.29, 1.82) is 0 Å². The third-order valence-electron chi connectivity index (χ3n) is 4.17. The third kappa shape index (κ3) is 4.95. The van der Waals surface area contributed by atoms with Gasteiger partial charge in [-0.2, -0.15) is 0 Å². The van der Waals surface area contributed by atoms with E-state index in [1.807, 2.05) is 0 Å². The minimum Gasteiger partial charge on any atom is -0.476 e. The molecule has 0 saturated carbocycles. The van der Waals surface area contributed by atoms with Crippen LogP contribution >= 0.6 is 23.1 Å². The van der Waals surface area contributed by atoms with Crippen LogP contribution in [0, 0.1) is 11.6 Å². The molecule has 1 amide bonds. The van der Waals surface area contributed by atoms with Crippen LogP contribution in [0.4, 0.5) is 14.5 Å². The number of carbonyl (C=O) groups is 2. The van der Waals surface area contributed by atoms with E-state index in [-0.39, 0.29) is 23.3 Å². The number of carboxylic acid groups (broad SMARTS) is 1. The molecule has 0 radical (unpaired) electrons. The van der Waals surface area contributed by atoms with Gasteiger partial charge in [0.05, 0.1) is 5.69 Å². The molecule has 2 heterocycles. The number of aromatic carboxylic acids is 1. The molecule has 0 spiro atoms. The van der Waals surface area contributed by atoms with Crippen molar-refractivity contribution in [2.24, 2.45) is 0 Å². The second kappa shape index (κ2) is 8.66. The minimum atomic E-state index is -1.07. The number of aromatic nitrogens is 1. The number of carbonyl (C=O) groups excluding carboxylic acids is 1. The van der Waals surface area contributed by atoms with E-state index in [0.29, 0.717) is 36.0 Å². The SMILES string of the molecule is O=C(O)c1csc(SCCN2C(=O)CCC2CNc2cc(F)ccc2F)n1. The molecule has 6 nitrogen and oxygen atoms in total. The van der Waals surface area contributed by atoms with E-state index >= 15 is 0 Å². The molecule has 10 heteroatoms. The second-order valence-corrected chi connectivity index (χ2v) is 8.14. The summed E-state index contributed by atoms with van der Waals surface area (Å²) < 4.78 is 27.6. The fourth-order valence-corrected chi connectivity index (χ4v) is 4.64. The number of thiazole rings is 1. The largest absolute Gasteiger partial charge is 0.476 e. The molecule has 1 aliphatic rings. The van der Waals surface area contributed by atoms with Gasteiger partial charge >= 0.3 is 5.97 Å². The molecular weight excluding hydrogens is 396 g/mol. The number of amides is 1. The van der Waals surface area contributed by atoms with Crippen molar-refractivity contribution in [1.82, 2.24) is 9.88 Å². The van der Waals surface area contributed by atoms with Crippen molar-refractivity contribution in [3.63, 3.8) is 0 Å². The molecule has 1 atom stereocenters. The van der Waals surface area contributed by atoms with Gasteiger partial charge in [0.2, 0.25) is 5.91 Å². The van der Waals surface area contributed by atoms with Crippen molar-refractivity contribution in [3.8, 4) is 0 Å². The maximum Gasteiger partial charge on any atom is 0.355 e. The average molecular weight is 413 g/mol. The van der Waals surface area contributed by atoms with Crippen molar-refractivity contribution >= 4 is 40.7 Å². The quantitative estimate of drug-likeness (QED) is 0.646. The highest BCUT2D eigenvalue weighted by Crippen LogP contribution is 2.25. The number of nitrogens with zero attached hydrogens (tertiary/aromatic N) is 2. The van der Waals surface area contributed by atoms with Gasteiger partial charge < -0.3 is 15.3 Å². The molecule has 1 saturated heterocycles. The molecule has 1 unspecified atom stereocenters. The van der Waals surface area contributed by atoms with E-state index in [0.717, 1.165) is 18.2 Å². The number of hydrogen-bond donors (Lipinski definition) is 2. The molecule has 144 valence electrons. The van der Waals surface area contributed by atoms with Crippen LogP contribution in [0.2, 0.25) is 0 Å². The molecule has 0 bridgehead atoms.